The van der Waals surface area contributed by atoms with Crippen molar-refractivity contribution in [2.24, 2.45) is 0 Å². The van der Waals surface area contributed by atoms with Gasteiger partial charge in [-0.1, -0.05) is 6.92 Å². The fourth-order valence-corrected chi connectivity index (χ4v) is 1.79. The van der Waals surface area contributed by atoms with E-state index in [-0.39, 0.29) is 5.78 Å². The fourth-order valence-electron chi connectivity index (χ4n) is 1.79. The second kappa shape index (κ2) is 7.79. The molecule has 0 unspecified atom stereocenters. The average Bonchev–Trinajstić information content (AvgIpc) is 2.36. The number of nitrogen functional groups attached to an aromatic ring is 1. The Hall–Kier alpha value is -1.55. The number of nitrogens with two attached hydrogens (primary N) is 1. The van der Waals surface area contributed by atoms with Crippen molar-refractivity contribution in [1.29, 1.82) is 0 Å². The van der Waals surface area contributed by atoms with Crippen molar-refractivity contribution in [3.05, 3.63) is 23.8 Å². The molecule has 0 radical (unpaired) electrons. The van der Waals surface area contributed by atoms with Crippen LogP contribution in [0.3, 0.4) is 0 Å². The summed E-state index contributed by atoms with van der Waals surface area (Å²) < 4.78 is 5.62. The number of anilines is 1. The predicted molar refractivity (Wildman–Crippen MR) is 78.8 cm³/mol. The molecule has 0 aliphatic rings. The molecule has 0 aromatic heterocycles. The molecule has 0 aliphatic carbocycles. The largest absolute Gasteiger partial charge is 0.491 e. The maximum absolute atomic E-state index is 11.7. The van der Waals surface area contributed by atoms with E-state index < -0.39 is 0 Å². The summed E-state index contributed by atoms with van der Waals surface area (Å²) in [5.74, 6) is 0.792. The smallest absolute Gasteiger partial charge is 0.162 e. The van der Waals surface area contributed by atoms with Gasteiger partial charge in [0.15, 0.2) is 5.78 Å². The zero-order chi connectivity index (χ0) is 14.3. The zero-order valence-corrected chi connectivity index (χ0v) is 12.1. The third-order valence-electron chi connectivity index (χ3n) is 2.82. The van der Waals surface area contributed by atoms with Crippen molar-refractivity contribution < 1.29 is 9.53 Å². The first-order valence-electron chi connectivity index (χ1n) is 6.74. The molecule has 1 rings (SSSR count). The number of hydrogen-bond donors (Lipinski definition) is 1. The second-order valence-corrected chi connectivity index (χ2v) is 4.93. The standard InChI is InChI=1S/C15H24N2O2/c1-4-6-14(18)12-7-8-15(13(16)11-12)19-10-5-9-17(2)3/h7-8,11H,4-6,9-10,16H2,1-3H3. The second-order valence-electron chi connectivity index (χ2n) is 4.93. The van der Waals surface area contributed by atoms with Crippen molar-refractivity contribution in [3.8, 4) is 5.75 Å². The van der Waals surface area contributed by atoms with E-state index in [0.717, 1.165) is 19.4 Å². The molecule has 0 bridgehead atoms. The molecule has 2 N–H and O–H groups in total. The van der Waals surface area contributed by atoms with Gasteiger partial charge in [0.25, 0.3) is 0 Å². The zero-order valence-electron chi connectivity index (χ0n) is 12.1. The lowest BCUT2D eigenvalue weighted by Gasteiger charge is -2.12. The molecule has 0 fully saturated rings. The van der Waals surface area contributed by atoms with Crippen LogP contribution in [0.15, 0.2) is 18.2 Å². The first kappa shape index (κ1) is 15.5. The molecule has 0 saturated heterocycles. The van der Waals surface area contributed by atoms with Crippen LogP contribution in [0.4, 0.5) is 5.69 Å². The Morgan fingerprint density at radius 1 is 1.37 bits per heavy atom. The summed E-state index contributed by atoms with van der Waals surface area (Å²) >= 11 is 0. The van der Waals surface area contributed by atoms with Crippen LogP contribution in [0.2, 0.25) is 0 Å². The van der Waals surface area contributed by atoms with Crippen LogP contribution in [0.1, 0.15) is 36.5 Å². The third kappa shape index (κ3) is 5.30. The van der Waals surface area contributed by atoms with Crippen LogP contribution in [-0.4, -0.2) is 37.9 Å². The van der Waals surface area contributed by atoms with E-state index in [4.69, 9.17) is 10.5 Å². The Morgan fingerprint density at radius 3 is 2.68 bits per heavy atom. The van der Waals surface area contributed by atoms with Crippen LogP contribution in [0.25, 0.3) is 0 Å². The van der Waals surface area contributed by atoms with Gasteiger partial charge in [-0.25, -0.2) is 0 Å². The molecule has 106 valence electrons. The van der Waals surface area contributed by atoms with Gasteiger partial charge >= 0.3 is 0 Å². The van der Waals surface area contributed by atoms with Crippen LogP contribution in [0, 0.1) is 0 Å². The summed E-state index contributed by atoms with van der Waals surface area (Å²) in [5, 5.41) is 0. The van der Waals surface area contributed by atoms with Gasteiger partial charge in [0.2, 0.25) is 0 Å². The normalized spacial score (nSPS) is 10.7. The number of Topliss-reactive ketones (excluding diaryl/α,β-unsaturated/α-hetero) is 1. The molecule has 0 spiro atoms. The monoisotopic (exact) mass is 264 g/mol. The van der Waals surface area contributed by atoms with E-state index in [1.165, 1.54) is 0 Å². The first-order chi connectivity index (χ1) is 9.04. The van der Waals surface area contributed by atoms with E-state index in [9.17, 15) is 4.79 Å². The summed E-state index contributed by atoms with van der Waals surface area (Å²) in [4.78, 5) is 13.9. The molecule has 0 heterocycles. The Morgan fingerprint density at radius 2 is 2.11 bits per heavy atom. The molecule has 0 aliphatic heterocycles. The number of ether oxygens (including phenoxy) is 1. The topological polar surface area (TPSA) is 55.6 Å². The van der Waals surface area contributed by atoms with E-state index in [2.05, 4.69) is 4.90 Å². The predicted octanol–water partition coefficient (Wildman–Crippen LogP) is 2.58. The highest BCUT2D eigenvalue weighted by Crippen LogP contribution is 2.23. The van der Waals surface area contributed by atoms with E-state index >= 15 is 0 Å². The van der Waals surface area contributed by atoms with Gasteiger partial charge in [0, 0.05) is 18.5 Å². The summed E-state index contributed by atoms with van der Waals surface area (Å²) in [6, 6.07) is 5.28. The van der Waals surface area contributed by atoms with E-state index in [0.29, 0.717) is 30.0 Å². The molecule has 4 heteroatoms. The van der Waals surface area contributed by atoms with Crippen molar-refractivity contribution >= 4 is 11.5 Å². The quantitative estimate of drug-likeness (QED) is 0.445. The summed E-state index contributed by atoms with van der Waals surface area (Å²) in [5.41, 5.74) is 7.11. The van der Waals surface area contributed by atoms with Gasteiger partial charge < -0.3 is 15.4 Å². The molecular formula is C15H24N2O2. The highest BCUT2D eigenvalue weighted by Gasteiger charge is 2.08. The molecule has 1 aromatic rings. The average molecular weight is 264 g/mol. The molecule has 19 heavy (non-hydrogen) atoms. The van der Waals surface area contributed by atoms with Crippen LogP contribution in [-0.2, 0) is 0 Å². The number of benzene rings is 1. The van der Waals surface area contributed by atoms with Gasteiger partial charge in [-0.3, -0.25) is 4.79 Å². The molecule has 4 nitrogen and oxygen atoms in total. The third-order valence-corrected chi connectivity index (χ3v) is 2.82. The van der Waals surface area contributed by atoms with E-state index in [1.807, 2.05) is 21.0 Å². The first-order valence-corrected chi connectivity index (χ1v) is 6.74. The van der Waals surface area contributed by atoms with Crippen LogP contribution in [0.5, 0.6) is 5.75 Å². The minimum Gasteiger partial charge on any atom is -0.491 e. The molecule has 0 atom stereocenters. The maximum Gasteiger partial charge on any atom is 0.162 e. The number of carbonyl (C=O) groups excluding carboxylic acids is 1. The number of rotatable bonds is 8. The maximum atomic E-state index is 11.7. The molecular weight excluding hydrogens is 240 g/mol. The molecule has 0 saturated carbocycles. The molecule has 1 aromatic carbocycles. The number of hydrogen-bond acceptors (Lipinski definition) is 4. The summed E-state index contributed by atoms with van der Waals surface area (Å²) in [6.07, 6.45) is 2.35. The Kier molecular flexibility index (Phi) is 6.36. The van der Waals surface area contributed by atoms with Crippen molar-refractivity contribution in [3.63, 3.8) is 0 Å². The SMILES string of the molecule is CCCC(=O)c1ccc(OCCCN(C)C)c(N)c1. The van der Waals surface area contributed by atoms with Crippen LogP contribution < -0.4 is 10.5 Å². The highest BCUT2D eigenvalue weighted by atomic mass is 16.5. The minimum atomic E-state index is 0.133. The van der Waals surface area contributed by atoms with Gasteiger partial charge in [-0.05, 0) is 45.1 Å². The Balaban J connectivity index is 2.55. The van der Waals surface area contributed by atoms with Gasteiger partial charge in [-0.15, -0.1) is 0 Å². The number of ketones is 1. The van der Waals surface area contributed by atoms with Crippen LogP contribution >= 0.6 is 0 Å². The number of carbonyl (C=O) groups is 1. The lowest BCUT2D eigenvalue weighted by atomic mass is 10.1. The van der Waals surface area contributed by atoms with Crippen molar-refractivity contribution in [2.75, 3.05) is 33.0 Å². The van der Waals surface area contributed by atoms with Gasteiger partial charge in [-0.2, -0.15) is 0 Å². The number of nitrogens with zero attached hydrogens (tertiary/aromatic N) is 1. The minimum absolute atomic E-state index is 0.133. The Bertz CT molecular complexity index is 417. The van der Waals surface area contributed by atoms with E-state index in [1.54, 1.807) is 18.2 Å². The lowest BCUT2D eigenvalue weighted by Crippen LogP contribution is -2.15. The Labute approximate surface area is 115 Å². The molecule has 0 amide bonds. The summed E-state index contributed by atoms with van der Waals surface area (Å²) in [7, 11) is 4.06. The lowest BCUT2D eigenvalue weighted by molar-refractivity contribution is 0.0982. The fraction of sp³-hybridized carbons (Fsp3) is 0.533. The van der Waals surface area contributed by atoms with Crippen molar-refractivity contribution in [1.82, 2.24) is 4.90 Å². The summed E-state index contributed by atoms with van der Waals surface area (Å²) in [6.45, 7) is 3.60. The van der Waals surface area contributed by atoms with Crippen molar-refractivity contribution in [2.45, 2.75) is 26.2 Å². The van der Waals surface area contributed by atoms with Gasteiger partial charge in [0.05, 0.1) is 12.3 Å². The van der Waals surface area contributed by atoms with Gasteiger partial charge in [0.1, 0.15) is 5.75 Å². The highest BCUT2D eigenvalue weighted by molar-refractivity contribution is 5.97.